The summed E-state index contributed by atoms with van der Waals surface area (Å²) in [7, 11) is 0. The number of rotatable bonds is 5. The summed E-state index contributed by atoms with van der Waals surface area (Å²) < 4.78 is 1.39. The number of nitrogens with zero attached hydrogens (tertiary/aromatic N) is 1. The molecule has 1 aromatic heterocycles. The Hall–Kier alpha value is -1.56. The molecule has 29 heavy (non-hydrogen) atoms. The number of pyridine rings is 1. The summed E-state index contributed by atoms with van der Waals surface area (Å²) in [6.07, 6.45) is 3.82. The molecule has 4 heteroatoms. The quantitative estimate of drug-likeness (QED) is 0.520. The van der Waals surface area contributed by atoms with E-state index in [-0.39, 0.29) is 30.2 Å². The van der Waals surface area contributed by atoms with Gasteiger partial charge < -0.3 is 24.8 Å². The van der Waals surface area contributed by atoms with Crippen molar-refractivity contribution in [2.45, 2.75) is 32.6 Å². The second-order valence-electron chi connectivity index (χ2n) is 8.01. The van der Waals surface area contributed by atoms with Gasteiger partial charge in [0.1, 0.15) is 0 Å². The summed E-state index contributed by atoms with van der Waals surface area (Å²) in [4.78, 5) is 4.58. The monoisotopic (exact) mass is 460 g/mol. The number of allylic oxidation sites excluding steroid dienone is 2. The Balaban J connectivity index is 0.00000150. The standard InChI is InChI=1S/C25H24N.2ClH.Cr/c1-25(2,18-21-12-8-9-15-26-21)24-17-20(16-19-10-4-3-5-11-19)22-13-6-7-14-23(22)24;;;/h3-15,24H,16,18H2,1-2H3;2*1H;/q;;;+2/p-2. The molecule has 3 aromatic rings. The second kappa shape index (κ2) is 9.97. The van der Waals surface area contributed by atoms with Crippen LogP contribution in [0.5, 0.6) is 0 Å². The molecule has 0 saturated heterocycles. The molecule has 0 bridgehead atoms. The van der Waals surface area contributed by atoms with E-state index in [1.54, 1.807) is 0 Å². The summed E-state index contributed by atoms with van der Waals surface area (Å²) in [5.41, 5.74) is 6.87. The van der Waals surface area contributed by atoms with Crippen LogP contribution in [0.15, 0.2) is 83.4 Å². The van der Waals surface area contributed by atoms with Crippen LogP contribution >= 0.6 is 0 Å². The topological polar surface area (TPSA) is 12.9 Å². The third-order valence-corrected chi connectivity index (χ3v) is 6.28. The van der Waals surface area contributed by atoms with E-state index in [9.17, 15) is 0 Å². The fourth-order valence-corrected chi connectivity index (χ4v) is 5.28. The fourth-order valence-electron chi connectivity index (χ4n) is 4.30. The Bertz CT molecular complexity index is 968. The molecule has 2 aromatic carbocycles. The third-order valence-electron chi connectivity index (χ3n) is 5.52. The van der Waals surface area contributed by atoms with Crippen LogP contribution in [-0.2, 0) is 29.1 Å². The molecule has 1 aliphatic carbocycles. The molecule has 0 amide bonds. The molecule has 4 rings (SSSR count). The average Bonchev–Trinajstić information content (AvgIpc) is 2.96. The second-order valence-corrected chi connectivity index (χ2v) is 8.70. The minimum absolute atomic E-state index is 0. The van der Waals surface area contributed by atoms with Gasteiger partial charge in [0.15, 0.2) is 0 Å². The van der Waals surface area contributed by atoms with E-state index in [1.165, 1.54) is 26.7 Å². The Morgan fingerprint density at radius 1 is 0.862 bits per heavy atom. The van der Waals surface area contributed by atoms with Gasteiger partial charge in [-0.1, -0.05) is 0 Å². The number of aromatic nitrogens is 1. The van der Waals surface area contributed by atoms with Crippen molar-refractivity contribution >= 4 is 5.57 Å². The van der Waals surface area contributed by atoms with Gasteiger partial charge in [0.05, 0.1) is 0 Å². The van der Waals surface area contributed by atoms with Crippen LogP contribution in [0.4, 0.5) is 0 Å². The fraction of sp³-hybridized carbons (Fsp3) is 0.240. The van der Waals surface area contributed by atoms with Gasteiger partial charge in [-0.25, -0.2) is 0 Å². The predicted molar refractivity (Wildman–Crippen MR) is 108 cm³/mol. The number of hydrogen-bond acceptors (Lipinski definition) is 1. The smallest absolute Gasteiger partial charge is 1.00 e. The Morgan fingerprint density at radius 2 is 1.52 bits per heavy atom. The summed E-state index contributed by atoms with van der Waals surface area (Å²) in [5.74, 6) is 0.370. The normalized spacial score (nSPS) is 15.3. The maximum Gasteiger partial charge on any atom is -1.00 e. The zero-order valence-corrected chi connectivity index (χ0v) is 19.4. The van der Waals surface area contributed by atoms with Crippen LogP contribution in [0.3, 0.4) is 0 Å². The summed E-state index contributed by atoms with van der Waals surface area (Å²) in [6, 6.07) is 25.9. The third kappa shape index (κ3) is 4.96. The van der Waals surface area contributed by atoms with Crippen LogP contribution in [-0.4, -0.2) is 4.98 Å². The largest absolute Gasteiger partial charge is 1.00 e. The summed E-state index contributed by atoms with van der Waals surface area (Å²) in [5, 5.41) is 0. The Kier molecular flexibility index (Phi) is 8.15. The van der Waals surface area contributed by atoms with E-state index in [4.69, 9.17) is 0 Å². The molecule has 1 unspecified atom stereocenters. The number of benzene rings is 2. The molecule has 0 aliphatic heterocycles. The van der Waals surface area contributed by atoms with Crippen molar-refractivity contribution < 1.29 is 41.1 Å². The molecule has 0 saturated carbocycles. The first-order chi connectivity index (χ1) is 13.1. The first-order valence-corrected chi connectivity index (χ1v) is 10.1. The molecule has 0 spiro atoms. The Morgan fingerprint density at radius 3 is 2.21 bits per heavy atom. The van der Waals surface area contributed by atoms with Gasteiger partial charge >= 0.3 is 171 Å². The molecule has 1 atom stereocenters. The van der Waals surface area contributed by atoms with Crippen LogP contribution in [0.1, 0.15) is 42.1 Å². The van der Waals surface area contributed by atoms with E-state index in [1.807, 2.05) is 12.3 Å². The predicted octanol–water partition coefficient (Wildman–Crippen LogP) is -0.0437. The van der Waals surface area contributed by atoms with Gasteiger partial charge in [-0.15, -0.1) is 0 Å². The van der Waals surface area contributed by atoms with Crippen molar-refractivity contribution in [2.24, 2.45) is 5.41 Å². The molecular weight excluding hydrogens is 437 g/mol. The van der Waals surface area contributed by atoms with Crippen molar-refractivity contribution in [1.82, 2.24) is 4.98 Å². The summed E-state index contributed by atoms with van der Waals surface area (Å²) >= 11 is 3.46. The van der Waals surface area contributed by atoms with E-state index in [0.717, 1.165) is 18.5 Å². The van der Waals surface area contributed by atoms with Gasteiger partial charge in [-0.3, -0.25) is 0 Å². The van der Waals surface area contributed by atoms with E-state index < -0.39 is 0 Å². The van der Waals surface area contributed by atoms with Gasteiger partial charge in [0.2, 0.25) is 0 Å². The first kappa shape index (κ1) is 23.7. The molecule has 1 aliphatic rings. The number of halogens is 2. The molecule has 149 valence electrons. The van der Waals surface area contributed by atoms with Gasteiger partial charge in [0, 0.05) is 0 Å². The first-order valence-electron chi connectivity index (χ1n) is 9.49. The zero-order valence-electron chi connectivity index (χ0n) is 16.6. The number of fused-ring (bicyclic) bond motifs is 1. The van der Waals surface area contributed by atoms with Gasteiger partial charge in [0.25, 0.3) is 0 Å². The van der Waals surface area contributed by atoms with Crippen LogP contribution in [0.25, 0.3) is 5.57 Å². The molecule has 0 fully saturated rings. The molecule has 0 N–H and O–H groups in total. The van der Waals surface area contributed by atoms with Crippen molar-refractivity contribution in [2.75, 3.05) is 0 Å². The van der Waals surface area contributed by atoms with Crippen molar-refractivity contribution in [3.05, 3.63) is 106 Å². The van der Waals surface area contributed by atoms with Crippen LogP contribution < -0.4 is 24.8 Å². The minimum Gasteiger partial charge on any atom is -1.00 e. The summed E-state index contributed by atoms with van der Waals surface area (Å²) in [6.45, 7) is 4.73. The van der Waals surface area contributed by atoms with Gasteiger partial charge in [-0.2, -0.15) is 0 Å². The average molecular weight is 461 g/mol. The van der Waals surface area contributed by atoms with E-state index in [2.05, 4.69) is 102 Å². The van der Waals surface area contributed by atoms with E-state index in [0.29, 0.717) is 5.92 Å². The number of hydrogen-bond donors (Lipinski definition) is 0. The van der Waals surface area contributed by atoms with E-state index >= 15 is 0 Å². The van der Waals surface area contributed by atoms with Crippen molar-refractivity contribution in [1.29, 1.82) is 0 Å². The van der Waals surface area contributed by atoms with Crippen LogP contribution in [0.2, 0.25) is 0 Å². The molecule has 1 heterocycles. The molecular formula is C25H24Cl2CrN. The van der Waals surface area contributed by atoms with Gasteiger partial charge in [-0.05, 0) is 0 Å². The molecule has 1 nitrogen and oxygen atoms in total. The minimum atomic E-state index is 0. The van der Waals surface area contributed by atoms with Crippen molar-refractivity contribution in [3.8, 4) is 0 Å². The molecule has 0 radical (unpaired) electrons. The maximum absolute atomic E-state index is 4.58. The Labute approximate surface area is 194 Å². The zero-order chi connectivity index (χ0) is 18.9. The van der Waals surface area contributed by atoms with Crippen LogP contribution in [0, 0.1) is 5.41 Å². The SMILES string of the molecule is CC(C)(Cc1ccccn1)C1[C]([Cr+2])=C(Cc2ccccc2)c2ccccc21.[Cl-].[Cl-]. The maximum atomic E-state index is 4.58. The van der Waals surface area contributed by atoms with Crippen molar-refractivity contribution in [3.63, 3.8) is 0 Å².